The number of ether oxygens (including phenoxy) is 2. The number of halogens is 1. The van der Waals surface area contributed by atoms with Gasteiger partial charge in [0.25, 0.3) is 0 Å². The summed E-state index contributed by atoms with van der Waals surface area (Å²) in [5.41, 5.74) is 1.92. The summed E-state index contributed by atoms with van der Waals surface area (Å²) in [6.45, 7) is 0. The van der Waals surface area contributed by atoms with Crippen LogP contribution in [0.25, 0.3) is 22.3 Å². The second-order valence-corrected chi connectivity index (χ2v) is 6.50. The van der Waals surface area contributed by atoms with Gasteiger partial charge >= 0.3 is 0 Å². The average Bonchev–Trinajstić information content (AvgIpc) is 3.60. The fourth-order valence-corrected chi connectivity index (χ4v) is 2.50. The Kier molecular flexibility index (Phi) is 6.03. The van der Waals surface area contributed by atoms with Gasteiger partial charge in [-0.25, -0.2) is 9.97 Å². The molecule has 152 valence electrons. The van der Waals surface area contributed by atoms with Crippen LogP contribution in [0.5, 0.6) is 11.6 Å². The molecule has 2 saturated carbocycles. The van der Waals surface area contributed by atoms with E-state index < -0.39 is 0 Å². The fourth-order valence-electron chi connectivity index (χ4n) is 2.50. The molecule has 2 N–H and O–H groups in total. The molecule has 2 aliphatic carbocycles. The van der Waals surface area contributed by atoms with Gasteiger partial charge in [0.15, 0.2) is 5.65 Å². The molecule has 0 saturated heterocycles. The van der Waals surface area contributed by atoms with E-state index in [0.29, 0.717) is 35.1 Å². The Labute approximate surface area is 164 Å². The van der Waals surface area contributed by atoms with Gasteiger partial charge in [-0.3, -0.25) is 14.6 Å². The molecule has 1 amide bonds. The third-order valence-electron chi connectivity index (χ3n) is 4.12. The van der Waals surface area contributed by atoms with Crippen molar-refractivity contribution in [1.29, 1.82) is 0 Å². The van der Waals surface area contributed by atoms with Crippen molar-refractivity contribution in [1.82, 2.24) is 20.2 Å². The van der Waals surface area contributed by atoms with E-state index in [2.05, 4.69) is 25.5 Å². The van der Waals surface area contributed by atoms with Crippen molar-refractivity contribution >= 4 is 23.3 Å². The molecule has 28 heavy (non-hydrogen) atoms. The lowest BCUT2D eigenvalue weighted by Crippen LogP contribution is -2.01. The van der Waals surface area contributed by atoms with Gasteiger partial charge in [0.05, 0.1) is 18.9 Å². The number of hydrogen-bond acceptors (Lipinski definition) is 6. The summed E-state index contributed by atoms with van der Waals surface area (Å²) in [6.07, 6.45) is 9.08. The van der Waals surface area contributed by atoms with Crippen molar-refractivity contribution in [2.45, 2.75) is 38.2 Å². The SMILES string of the molecule is C1CC1.COc1nccc(OC2CC2)c1-c1[nH]nc2nc(NC=O)ccc12.F.[HH].[HH]. The molecule has 3 heterocycles. The van der Waals surface area contributed by atoms with Gasteiger partial charge in [-0.15, -0.1) is 0 Å². The minimum Gasteiger partial charge on any atom is -0.489 e. The molecule has 0 unspecified atom stereocenters. The third-order valence-corrected chi connectivity index (χ3v) is 4.12. The number of hydrogen-bond donors (Lipinski definition) is 2. The van der Waals surface area contributed by atoms with Crippen molar-refractivity contribution in [3.8, 4) is 22.9 Å². The number of nitrogens with one attached hydrogen (secondary N) is 2. The number of fused-ring (bicyclic) bond motifs is 1. The van der Waals surface area contributed by atoms with Gasteiger partial charge in [0.1, 0.15) is 17.1 Å². The molecule has 0 bridgehead atoms. The first-order valence-corrected chi connectivity index (χ1v) is 9.05. The zero-order valence-electron chi connectivity index (χ0n) is 15.5. The number of carbonyl (C=O) groups is 1. The molecular weight excluding hydrogens is 365 g/mol. The number of nitrogens with zero attached hydrogens (tertiary/aromatic N) is 3. The van der Waals surface area contributed by atoms with Crippen LogP contribution in [0.3, 0.4) is 0 Å². The summed E-state index contributed by atoms with van der Waals surface area (Å²) in [7, 11) is 1.57. The second kappa shape index (κ2) is 8.64. The molecule has 2 fully saturated rings. The molecule has 2 aliphatic rings. The van der Waals surface area contributed by atoms with Gasteiger partial charge in [0.2, 0.25) is 12.3 Å². The number of amides is 1. The minimum absolute atomic E-state index is 0. The van der Waals surface area contributed by atoms with Crippen molar-refractivity contribution < 1.29 is 21.8 Å². The van der Waals surface area contributed by atoms with Crippen molar-refractivity contribution in [2.75, 3.05) is 12.4 Å². The number of carbonyl (C=O) groups excluding carboxylic acids is 1. The van der Waals surface area contributed by atoms with E-state index in [1.807, 2.05) is 12.1 Å². The Hall–Kier alpha value is -3.23. The lowest BCUT2D eigenvalue weighted by molar-refractivity contribution is -0.105. The Balaban J connectivity index is 0.000000692. The Bertz CT molecular complexity index is 964. The molecule has 0 radical (unpaired) electrons. The largest absolute Gasteiger partial charge is 0.489 e. The maximum atomic E-state index is 10.6. The molecule has 9 heteroatoms. The number of pyridine rings is 2. The molecule has 8 nitrogen and oxygen atoms in total. The Morgan fingerprint density at radius 2 is 2.04 bits per heavy atom. The van der Waals surface area contributed by atoms with Crippen molar-refractivity contribution in [2.24, 2.45) is 0 Å². The fraction of sp³-hybridized carbons (Fsp3) is 0.368. The lowest BCUT2D eigenvalue weighted by Gasteiger charge is -2.12. The van der Waals surface area contributed by atoms with E-state index >= 15 is 0 Å². The summed E-state index contributed by atoms with van der Waals surface area (Å²) in [6, 6.07) is 5.36. The van der Waals surface area contributed by atoms with Gasteiger partial charge < -0.3 is 14.8 Å². The van der Waals surface area contributed by atoms with Crippen molar-refractivity contribution in [3.63, 3.8) is 0 Å². The van der Waals surface area contributed by atoms with Crippen molar-refractivity contribution in [3.05, 3.63) is 24.4 Å². The van der Waals surface area contributed by atoms with E-state index in [0.717, 1.165) is 23.9 Å². The van der Waals surface area contributed by atoms with Crippen LogP contribution < -0.4 is 14.8 Å². The predicted molar refractivity (Wildman–Crippen MR) is 108 cm³/mol. The summed E-state index contributed by atoms with van der Waals surface area (Å²) >= 11 is 0. The minimum atomic E-state index is 0. The van der Waals surface area contributed by atoms with E-state index in [4.69, 9.17) is 9.47 Å². The molecule has 0 aliphatic heterocycles. The summed E-state index contributed by atoms with van der Waals surface area (Å²) in [5.74, 6) is 1.59. The first-order chi connectivity index (χ1) is 13.3. The standard InChI is InChI=1S/C16H15N5O3.C3H6.FH.2H2/c1-23-16-13(11(6-7-17-16)24-9-2-3-9)14-10-4-5-12(18-8-22)19-15(10)21-20-14;1-2-3-1;;;/h4-9H,2-3H2,1H3,(H2,18,19,20,21,22);1-3H2;3*1H. The predicted octanol–water partition coefficient (Wildman–Crippen LogP) is 3.95. The van der Waals surface area contributed by atoms with Crippen LogP contribution in [-0.2, 0) is 4.79 Å². The van der Waals surface area contributed by atoms with Crippen LogP contribution in [0.2, 0.25) is 0 Å². The normalized spacial score (nSPS) is 14.3. The first-order valence-electron chi connectivity index (χ1n) is 9.05. The van der Waals surface area contributed by atoms with Crippen LogP contribution in [-0.4, -0.2) is 39.8 Å². The smallest absolute Gasteiger partial charge is 0.226 e. The molecule has 3 aromatic heterocycles. The zero-order valence-corrected chi connectivity index (χ0v) is 15.5. The van der Waals surface area contributed by atoms with Crippen LogP contribution in [0, 0.1) is 0 Å². The quantitative estimate of drug-likeness (QED) is 0.617. The number of H-pyrrole nitrogens is 1. The topological polar surface area (TPSA) is 102 Å². The lowest BCUT2D eigenvalue weighted by atomic mass is 10.1. The first kappa shape index (κ1) is 19.5. The molecule has 3 aromatic rings. The number of rotatable bonds is 6. The maximum absolute atomic E-state index is 10.6. The van der Waals surface area contributed by atoms with E-state index in [-0.39, 0.29) is 13.7 Å². The van der Waals surface area contributed by atoms with Crippen LogP contribution in [0.15, 0.2) is 24.4 Å². The van der Waals surface area contributed by atoms with Gasteiger partial charge in [-0.2, -0.15) is 5.10 Å². The molecule has 0 aromatic carbocycles. The van der Waals surface area contributed by atoms with Crippen LogP contribution >= 0.6 is 0 Å². The third kappa shape index (κ3) is 4.36. The maximum Gasteiger partial charge on any atom is 0.226 e. The monoisotopic (exact) mass is 391 g/mol. The highest BCUT2D eigenvalue weighted by Crippen LogP contribution is 2.41. The number of methoxy groups -OCH3 is 1. The van der Waals surface area contributed by atoms with E-state index in [1.165, 1.54) is 19.3 Å². The Morgan fingerprint density at radius 1 is 1.25 bits per heavy atom. The molecule has 0 atom stereocenters. The average molecular weight is 391 g/mol. The van der Waals surface area contributed by atoms with Gasteiger partial charge in [-0.05, 0) is 31.0 Å². The second-order valence-electron chi connectivity index (χ2n) is 6.50. The van der Waals surface area contributed by atoms with E-state index in [9.17, 15) is 4.79 Å². The number of anilines is 1. The van der Waals surface area contributed by atoms with Gasteiger partial charge in [0, 0.05) is 14.4 Å². The molecule has 0 spiro atoms. The van der Waals surface area contributed by atoms with E-state index in [1.54, 1.807) is 19.4 Å². The highest BCUT2D eigenvalue weighted by molar-refractivity contribution is 5.95. The Morgan fingerprint density at radius 3 is 2.68 bits per heavy atom. The highest BCUT2D eigenvalue weighted by Gasteiger charge is 2.27. The molecular formula is C19H26FN5O3. The zero-order chi connectivity index (χ0) is 18.6. The van der Waals surface area contributed by atoms with Gasteiger partial charge in [-0.1, -0.05) is 19.3 Å². The summed E-state index contributed by atoms with van der Waals surface area (Å²) in [5, 5.41) is 10.5. The van der Waals surface area contributed by atoms with Crippen LogP contribution in [0.4, 0.5) is 10.5 Å². The summed E-state index contributed by atoms with van der Waals surface area (Å²) < 4.78 is 11.4. The summed E-state index contributed by atoms with van der Waals surface area (Å²) in [4.78, 5) is 19.1. The number of aromatic amines is 1. The number of aromatic nitrogens is 4. The van der Waals surface area contributed by atoms with Crippen LogP contribution in [0.1, 0.15) is 35.0 Å². The molecule has 5 rings (SSSR count). The highest BCUT2D eigenvalue weighted by atomic mass is 19.0.